The minimum absolute atomic E-state index is 0.0829. The van der Waals surface area contributed by atoms with Gasteiger partial charge in [-0.15, -0.1) is 0 Å². The van der Waals surface area contributed by atoms with Crippen molar-refractivity contribution in [2.45, 2.75) is 51.5 Å². The standard InChI is InChI=1S/C29H37FN6O4.C3H5N/c1-4-25(38)35-13-15-36(16-14-35)27-21-11-10-19(28(39)34(3)26-22(30)8-5-9-24(26)37)17-23(21)31-29(32-27)40-18-20-7-6-12-33(20)2;1-2-3-4/h4-5,8-9,19-20,37H,1,6-7,10-18H2,2-3H3;2H2,1H3/t19-,20+;/m1./s1. The Morgan fingerprint density at radius 2 is 1.95 bits per heavy atom. The molecule has 0 spiro atoms. The molecule has 2 aromatic rings. The lowest BCUT2D eigenvalue weighted by molar-refractivity contribution is -0.126. The zero-order valence-corrected chi connectivity index (χ0v) is 25.8. The molecule has 0 saturated carbocycles. The number of benzene rings is 1. The molecule has 2 atom stereocenters. The number of rotatable bonds is 7. The predicted molar refractivity (Wildman–Crippen MR) is 165 cm³/mol. The molecular formula is C32H42FN7O4. The van der Waals surface area contributed by atoms with Gasteiger partial charge in [0.2, 0.25) is 11.8 Å². The van der Waals surface area contributed by atoms with E-state index >= 15 is 0 Å². The molecule has 236 valence electrons. The Balaban J connectivity index is 0.00000104. The second-order valence-corrected chi connectivity index (χ2v) is 11.3. The fourth-order valence-electron chi connectivity index (χ4n) is 5.96. The van der Waals surface area contributed by atoms with Gasteiger partial charge >= 0.3 is 6.01 Å². The number of amides is 2. The summed E-state index contributed by atoms with van der Waals surface area (Å²) >= 11 is 0. The molecule has 2 aliphatic heterocycles. The molecule has 12 heteroatoms. The molecular weight excluding hydrogens is 565 g/mol. The highest BCUT2D eigenvalue weighted by atomic mass is 19.1. The summed E-state index contributed by atoms with van der Waals surface area (Å²) in [5, 5.41) is 17.8. The number of likely N-dealkylation sites (N-methyl/N-ethyl adjacent to an activating group) is 1. The Morgan fingerprint density at radius 3 is 2.57 bits per heavy atom. The van der Waals surface area contributed by atoms with Crippen LogP contribution in [0.5, 0.6) is 11.8 Å². The minimum Gasteiger partial charge on any atom is -0.506 e. The molecule has 2 fully saturated rings. The molecule has 0 unspecified atom stereocenters. The van der Waals surface area contributed by atoms with Crippen LogP contribution in [0.3, 0.4) is 0 Å². The van der Waals surface area contributed by atoms with Crippen molar-refractivity contribution in [2.75, 3.05) is 63.2 Å². The zero-order chi connectivity index (χ0) is 31.8. The summed E-state index contributed by atoms with van der Waals surface area (Å²) in [7, 11) is 3.57. The number of halogens is 1. The lowest BCUT2D eigenvalue weighted by Gasteiger charge is -2.37. The number of hydrogen-bond donors (Lipinski definition) is 1. The van der Waals surface area contributed by atoms with Crippen LogP contribution in [0.25, 0.3) is 0 Å². The normalized spacial score (nSPS) is 19.7. The first-order chi connectivity index (χ1) is 21.2. The molecule has 3 aliphatic rings. The van der Waals surface area contributed by atoms with Gasteiger partial charge in [-0.2, -0.15) is 15.2 Å². The molecule has 0 bridgehead atoms. The number of phenols is 1. The lowest BCUT2D eigenvalue weighted by Crippen LogP contribution is -2.49. The molecule has 1 aliphatic carbocycles. The van der Waals surface area contributed by atoms with E-state index in [1.807, 2.05) is 13.0 Å². The number of aromatic hydroxyl groups is 1. The van der Waals surface area contributed by atoms with Gasteiger partial charge in [0.1, 0.15) is 23.9 Å². The van der Waals surface area contributed by atoms with Gasteiger partial charge in [-0.25, -0.2) is 4.39 Å². The third-order valence-electron chi connectivity index (χ3n) is 8.51. The van der Waals surface area contributed by atoms with Crippen LogP contribution < -0.4 is 14.5 Å². The van der Waals surface area contributed by atoms with Gasteiger partial charge in [0.25, 0.3) is 0 Å². The summed E-state index contributed by atoms with van der Waals surface area (Å²) in [6, 6.07) is 6.51. The fourth-order valence-corrected chi connectivity index (χ4v) is 5.96. The highest BCUT2D eigenvalue weighted by Gasteiger charge is 2.34. The number of fused-ring (bicyclic) bond motifs is 1. The second-order valence-electron chi connectivity index (χ2n) is 11.3. The third-order valence-corrected chi connectivity index (χ3v) is 8.51. The number of piperazine rings is 1. The van der Waals surface area contributed by atoms with E-state index < -0.39 is 11.7 Å². The quantitative estimate of drug-likeness (QED) is 0.472. The Morgan fingerprint density at radius 1 is 1.23 bits per heavy atom. The lowest BCUT2D eigenvalue weighted by atomic mass is 9.85. The summed E-state index contributed by atoms with van der Waals surface area (Å²) in [5.41, 5.74) is 1.60. The summed E-state index contributed by atoms with van der Waals surface area (Å²) in [6.45, 7) is 9.28. The van der Waals surface area contributed by atoms with E-state index in [0.29, 0.717) is 64.5 Å². The van der Waals surface area contributed by atoms with E-state index in [9.17, 15) is 19.1 Å². The van der Waals surface area contributed by atoms with Gasteiger partial charge < -0.3 is 29.4 Å². The maximum Gasteiger partial charge on any atom is 0.318 e. The summed E-state index contributed by atoms with van der Waals surface area (Å²) in [4.78, 5) is 42.6. The van der Waals surface area contributed by atoms with Crippen molar-refractivity contribution in [3.8, 4) is 17.8 Å². The SMILES string of the molecule is C=CC(=O)N1CCN(c2nc(OC[C@@H]3CCCN3C)nc3c2CC[C@@H](C(=O)N(C)c2c(O)cccc2F)C3)CC1.CCC#N. The maximum absolute atomic E-state index is 14.5. The number of nitrogens with zero attached hydrogens (tertiary/aromatic N) is 7. The van der Waals surface area contributed by atoms with Crippen LogP contribution in [-0.2, 0) is 22.4 Å². The molecule has 2 saturated heterocycles. The van der Waals surface area contributed by atoms with Crippen molar-refractivity contribution in [3.05, 3.63) is 47.9 Å². The summed E-state index contributed by atoms with van der Waals surface area (Å²) in [5.74, 6) is -0.943. The topological polar surface area (TPSA) is 126 Å². The van der Waals surface area contributed by atoms with Crippen LogP contribution in [0.4, 0.5) is 15.9 Å². The molecule has 1 aromatic heterocycles. The van der Waals surface area contributed by atoms with Gasteiger partial charge in [0.15, 0.2) is 5.82 Å². The Bertz CT molecular complexity index is 1370. The fraction of sp³-hybridized carbons (Fsp3) is 0.531. The van der Waals surface area contributed by atoms with Crippen molar-refractivity contribution in [1.82, 2.24) is 19.8 Å². The molecule has 3 heterocycles. The smallest absolute Gasteiger partial charge is 0.318 e. The van der Waals surface area contributed by atoms with Crippen molar-refractivity contribution < 1.29 is 23.8 Å². The summed E-state index contributed by atoms with van der Waals surface area (Å²) in [6.07, 6.45) is 5.63. The number of para-hydroxylation sites is 1. The molecule has 44 heavy (non-hydrogen) atoms. The number of anilines is 2. The first-order valence-corrected chi connectivity index (χ1v) is 15.2. The van der Waals surface area contributed by atoms with E-state index in [1.165, 1.54) is 36.2 Å². The molecule has 11 nitrogen and oxygen atoms in total. The van der Waals surface area contributed by atoms with Crippen LogP contribution in [0, 0.1) is 23.1 Å². The number of likely N-dealkylation sites (tertiary alicyclic amines) is 1. The van der Waals surface area contributed by atoms with Crippen molar-refractivity contribution in [3.63, 3.8) is 0 Å². The van der Waals surface area contributed by atoms with E-state index in [-0.39, 0.29) is 29.3 Å². The minimum atomic E-state index is -0.654. The number of carbonyl (C=O) groups excluding carboxylic acids is 2. The third kappa shape index (κ3) is 7.45. The predicted octanol–water partition coefficient (Wildman–Crippen LogP) is 3.32. The van der Waals surface area contributed by atoms with E-state index in [1.54, 1.807) is 4.90 Å². The Hall–Kier alpha value is -4.24. The Labute approximate surface area is 258 Å². The number of aromatic nitrogens is 2. The van der Waals surface area contributed by atoms with Crippen molar-refractivity contribution >= 4 is 23.3 Å². The van der Waals surface area contributed by atoms with E-state index in [2.05, 4.69) is 23.4 Å². The van der Waals surface area contributed by atoms with Gasteiger partial charge in [0, 0.05) is 63.6 Å². The van der Waals surface area contributed by atoms with Crippen LogP contribution >= 0.6 is 0 Å². The van der Waals surface area contributed by atoms with Crippen LogP contribution in [0.2, 0.25) is 0 Å². The van der Waals surface area contributed by atoms with Gasteiger partial charge in [0.05, 0.1) is 11.8 Å². The highest BCUT2D eigenvalue weighted by Crippen LogP contribution is 2.36. The zero-order valence-electron chi connectivity index (χ0n) is 25.8. The first kappa shape index (κ1) is 32.7. The second kappa shape index (κ2) is 15.0. The summed E-state index contributed by atoms with van der Waals surface area (Å²) < 4.78 is 20.6. The highest BCUT2D eigenvalue weighted by molar-refractivity contribution is 5.96. The van der Waals surface area contributed by atoms with Crippen LogP contribution in [-0.4, -0.2) is 96.2 Å². The van der Waals surface area contributed by atoms with Gasteiger partial charge in [-0.3, -0.25) is 9.59 Å². The molecule has 1 aromatic carbocycles. The van der Waals surface area contributed by atoms with Gasteiger partial charge in [-0.1, -0.05) is 19.6 Å². The van der Waals surface area contributed by atoms with Gasteiger partial charge in [-0.05, 0) is 57.5 Å². The van der Waals surface area contributed by atoms with Crippen molar-refractivity contribution in [1.29, 1.82) is 5.26 Å². The average Bonchev–Trinajstić information content (AvgIpc) is 3.46. The Kier molecular flexibility index (Phi) is 11.1. The number of phenolic OH excluding ortho intramolecular Hbond substituents is 1. The number of nitriles is 1. The van der Waals surface area contributed by atoms with Crippen LogP contribution in [0.1, 0.15) is 43.9 Å². The molecule has 2 amide bonds. The van der Waals surface area contributed by atoms with E-state index in [0.717, 1.165) is 36.5 Å². The molecule has 1 N–H and O–H groups in total. The average molecular weight is 608 g/mol. The largest absolute Gasteiger partial charge is 0.506 e. The maximum atomic E-state index is 14.5. The molecule has 5 rings (SSSR count). The number of ether oxygens (including phenoxy) is 1. The number of carbonyl (C=O) groups is 2. The number of hydrogen-bond acceptors (Lipinski definition) is 9. The van der Waals surface area contributed by atoms with E-state index in [4.69, 9.17) is 20.0 Å². The first-order valence-electron chi connectivity index (χ1n) is 15.2. The van der Waals surface area contributed by atoms with Crippen molar-refractivity contribution in [2.24, 2.45) is 5.92 Å². The molecule has 0 radical (unpaired) electrons. The monoisotopic (exact) mass is 607 g/mol. The van der Waals surface area contributed by atoms with Crippen LogP contribution in [0.15, 0.2) is 30.9 Å².